The number of hydrogen-bond acceptors (Lipinski definition) is 4. The van der Waals surface area contributed by atoms with Crippen molar-refractivity contribution in [2.75, 3.05) is 12.4 Å². The van der Waals surface area contributed by atoms with Crippen LogP contribution in [0.25, 0.3) is 0 Å². The number of methoxy groups -OCH3 is 1. The summed E-state index contributed by atoms with van der Waals surface area (Å²) in [4.78, 5) is 22.5. The Hall–Kier alpha value is -2.31. The van der Waals surface area contributed by atoms with Gasteiger partial charge in [-0.2, -0.15) is 0 Å². The first-order valence-corrected chi connectivity index (χ1v) is 5.75. The molecule has 110 valence electrons. The summed E-state index contributed by atoms with van der Waals surface area (Å²) < 4.78 is 23.9. The van der Waals surface area contributed by atoms with E-state index in [9.17, 15) is 14.0 Å². The molecule has 6 nitrogen and oxygen atoms in total. The molecule has 2 N–H and O–H groups in total. The normalized spacial score (nSPS) is 10.8. The lowest BCUT2D eigenvalue weighted by atomic mass is 10.1. The summed E-state index contributed by atoms with van der Waals surface area (Å²) in [5, 5.41) is 11.0. The van der Waals surface area contributed by atoms with E-state index < -0.39 is 29.0 Å². The molecule has 0 aliphatic heterocycles. The standard InChI is InChI=1S/C13H16FNO5/c1-13(2,3)20-12(18)15-10-8(19-4)6-5-7(9(10)14)11(16)17/h5-6H,1-4H3,(H,15,18)(H,16,17). The summed E-state index contributed by atoms with van der Waals surface area (Å²) in [6.45, 7) is 4.94. The van der Waals surface area contributed by atoms with E-state index >= 15 is 0 Å². The van der Waals surface area contributed by atoms with Crippen LogP contribution in [0.2, 0.25) is 0 Å². The summed E-state index contributed by atoms with van der Waals surface area (Å²) in [6.07, 6.45) is -0.905. The molecule has 1 amide bonds. The van der Waals surface area contributed by atoms with Crippen LogP contribution in [0, 0.1) is 5.82 Å². The smallest absolute Gasteiger partial charge is 0.412 e. The van der Waals surface area contributed by atoms with Gasteiger partial charge in [-0.1, -0.05) is 0 Å². The predicted octanol–water partition coefficient (Wildman–Crippen LogP) is 2.88. The Labute approximate surface area is 115 Å². The highest BCUT2D eigenvalue weighted by Gasteiger charge is 2.23. The molecule has 0 saturated heterocycles. The Bertz CT molecular complexity index is 536. The van der Waals surface area contributed by atoms with Gasteiger partial charge in [0, 0.05) is 0 Å². The maximum Gasteiger partial charge on any atom is 0.412 e. The molecule has 0 radical (unpaired) electrons. The van der Waals surface area contributed by atoms with E-state index in [1.807, 2.05) is 0 Å². The van der Waals surface area contributed by atoms with Crippen molar-refractivity contribution in [3.63, 3.8) is 0 Å². The average molecular weight is 285 g/mol. The molecule has 0 aliphatic rings. The SMILES string of the molecule is COc1ccc(C(=O)O)c(F)c1NC(=O)OC(C)(C)C. The average Bonchev–Trinajstić information content (AvgIpc) is 2.28. The first-order chi connectivity index (χ1) is 9.15. The second-order valence-corrected chi connectivity index (χ2v) is 4.94. The van der Waals surface area contributed by atoms with E-state index in [2.05, 4.69) is 5.32 Å². The Morgan fingerprint density at radius 3 is 2.35 bits per heavy atom. The first-order valence-electron chi connectivity index (χ1n) is 5.75. The zero-order chi connectivity index (χ0) is 15.5. The molecule has 1 aromatic carbocycles. The number of hydrogen-bond donors (Lipinski definition) is 2. The van der Waals surface area contributed by atoms with Crippen LogP contribution >= 0.6 is 0 Å². The van der Waals surface area contributed by atoms with Crippen molar-refractivity contribution >= 4 is 17.7 Å². The van der Waals surface area contributed by atoms with E-state index in [0.717, 1.165) is 6.07 Å². The topological polar surface area (TPSA) is 84.9 Å². The quantitative estimate of drug-likeness (QED) is 0.892. The van der Waals surface area contributed by atoms with Crippen molar-refractivity contribution in [2.45, 2.75) is 26.4 Å². The number of carboxylic acids is 1. The first kappa shape index (κ1) is 15.7. The number of rotatable bonds is 3. The Kier molecular flexibility index (Phi) is 4.54. The number of halogens is 1. The van der Waals surface area contributed by atoms with Crippen molar-refractivity contribution in [3.8, 4) is 5.75 Å². The van der Waals surface area contributed by atoms with Crippen LogP contribution in [0.4, 0.5) is 14.9 Å². The van der Waals surface area contributed by atoms with Crippen molar-refractivity contribution < 1.29 is 28.6 Å². The van der Waals surface area contributed by atoms with Gasteiger partial charge in [-0.15, -0.1) is 0 Å². The number of aromatic carboxylic acids is 1. The molecular weight excluding hydrogens is 269 g/mol. The maximum atomic E-state index is 14.0. The van der Waals surface area contributed by atoms with E-state index in [1.54, 1.807) is 20.8 Å². The van der Waals surface area contributed by atoms with Gasteiger partial charge >= 0.3 is 12.1 Å². The number of carboxylic acid groups (broad SMARTS) is 1. The highest BCUT2D eigenvalue weighted by Crippen LogP contribution is 2.30. The second kappa shape index (κ2) is 5.77. The maximum absolute atomic E-state index is 14.0. The number of benzene rings is 1. The number of carbonyl (C=O) groups excluding carboxylic acids is 1. The fraction of sp³-hybridized carbons (Fsp3) is 0.385. The summed E-state index contributed by atoms with van der Waals surface area (Å²) in [6, 6.07) is 2.30. The van der Waals surface area contributed by atoms with Gasteiger partial charge in [-0.25, -0.2) is 14.0 Å². The zero-order valence-corrected chi connectivity index (χ0v) is 11.6. The summed E-state index contributed by atoms with van der Waals surface area (Å²) in [5.74, 6) is -2.54. The lowest BCUT2D eigenvalue weighted by Crippen LogP contribution is -2.27. The van der Waals surface area contributed by atoms with Gasteiger partial charge in [0.1, 0.15) is 17.0 Å². The summed E-state index contributed by atoms with van der Waals surface area (Å²) >= 11 is 0. The summed E-state index contributed by atoms with van der Waals surface area (Å²) in [5.41, 5.74) is -1.71. The van der Waals surface area contributed by atoms with Crippen LogP contribution in [-0.4, -0.2) is 29.9 Å². The van der Waals surface area contributed by atoms with Crippen LogP contribution in [0.5, 0.6) is 5.75 Å². The van der Waals surface area contributed by atoms with Gasteiger partial charge in [0.25, 0.3) is 0 Å². The predicted molar refractivity (Wildman–Crippen MR) is 69.8 cm³/mol. The number of nitrogens with one attached hydrogen (secondary N) is 1. The third-order valence-electron chi connectivity index (χ3n) is 2.18. The van der Waals surface area contributed by atoms with Crippen molar-refractivity contribution in [1.82, 2.24) is 0 Å². The molecule has 20 heavy (non-hydrogen) atoms. The van der Waals surface area contributed by atoms with Crippen LogP contribution < -0.4 is 10.1 Å². The van der Waals surface area contributed by atoms with E-state index in [0.29, 0.717) is 0 Å². The van der Waals surface area contributed by atoms with Gasteiger partial charge in [-0.05, 0) is 32.9 Å². The third-order valence-corrected chi connectivity index (χ3v) is 2.18. The van der Waals surface area contributed by atoms with Crippen molar-refractivity contribution in [2.24, 2.45) is 0 Å². The van der Waals surface area contributed by atoms with Gasteiger partial charge in [0.2, 0.25) is 0 Å². The van der Waals surface area contributed by atoms with Crippen LogP contribution in [0.3, 0.4) is 0 Å². The minimum absolute atomic E-state index is 0.00152. The lowest BCUT2D eigenvalue weighted by Gasteiger charge is -2.20. The molecule has 0 aliphatic carbocycles. The Balaban J connectivity index is 3.12. The van der Waals surface area contributed by atoms with Gasteiger partial charge < -0.3 is 14.6 Å². The van der Waals surface area contributed by atoms with Crippen LogP contribution in [0.15, 0.2) is 12.1 Å². The van der Waals surface area contributed by atoms with Crippen molar-refractivity contribution in [3.05, 3.63) is 23.5 Å². The summed E-state index contributed by atoms with van der Waals surface area (Å²) in [7, 11) is 1.27. The zero-order valence-electron chi connectivity index (χ0n) is 11.6. The molecule has 7 heteroatoms. The molecule has 0 fully saturated rings. The molecule has 0 heterocycles. The van der Waals surface area contributed by atoms with Gasteiger partial charge in [0.05, 0.1) is 12.7 Å². The molecule has 0 unspecified atom stereocenters. The second-order valence-electron chi connectivity index (χ2n) is 4.94. The third kappa shape index (κ3) is 3.84. The van der Waals surface area contributed by atoms with Crippen LogP contribution in [0.1, 0.15) is 31.1 Å². The molecule has 0 atom stereocenters. The molecule has 1 rings (SSSR count). The molecule has 0 spiro atoms. The Morgan fingerprint density at radius 1 is 1.30 bits per heavy atom. The van der Waals surface area contributed by atoms with E-state index in [1.165, 1.54) is 13.2 Å². The molecule has 0 aromatic heterocycles. The minimum Gasteiger partial charge on any atom is -0.494 e. The molecular formula is C13H16FNO5. The van der Waals surface area contributed by atoms with Crippen molar-refractivity contribution in [1.29, 1.82) is 0 Å². The van der Waals surface area contributed by atoms with Gasteiger partial charge in [-0.3, -0.25) is 5.32 Å². The minimum atomic E-state index is -1.45. The Morgan fingerprint density at radius 2 is 1.90 bits per heavy atom. The number of amides is 1. The largest absolute Gasteiger partial charge is 0.494 e. The van der Waals surface area contributed by atoms with E-state index in [-0.39, 0.29) is 11.4 Å². The number of anilines is 1. The fourth-order valence-corrected chi connectivity index (χ4v) is 1.42. The highest BCUT2D eigenvalue weighted by atomic mass is 19.1. The monoisotopic (exact) mass is 285 g/mol. The van der Waals surface area contributed by atoms with Gasteiger partial charge in [0.15, 0.2) is 5.82 Å². The number of ether oxygens (including phenoxy) is 2. The highest BCUT2D eigenvalue weighted by molar-refractivity contribution is 5.93. The molecule has 1 aromatic rings. The fourth-order valence-electron chi connectivity index (χ4n) is 1.42. The van der Waals surface area contributed by atoms with E-state index in [4.69, 9.17) is 14.6 Å². The molecule has 0 bridgehead atoms. The lowest BCUT2D eigenvalue weighted by molar-refractivity contribution is 0.0630. The number of carbonyl (C=O) groups is 2. The van der Waals surface area contributed by atoms with Crippen LogP contribution in [-0.2, 0) is 4.74 Å². The molecule has 0 saturated carbocycles.